The zero-order valence-electron chi connectivity index (χ0n) is 17.7. The maximum Gasteiger partial charge on any atom is 0.234 e. The van der Waals surface area contributed by atoms with Crippen LogP contribution >= 0.6 is 0 Å². The lowest BCUT2D eigenvalue weighted by molar-refractivity contribution is -0.136. The SMILES string of the molecule is COc1ccccc1-c1noc(C2CN(C(=O)C(c3ccccc3)c3ccccc3)C2)n1. The molecule has 1 aliphatic heterocycles. The van der Waals surface area contributed by atoms with Gasteiger partial charge in [0.05, 0.1) is 24.5 Å². The van der Waals surface area contributed by atoms with Gasteiger partial charge in [0, 0.05) is 13.1 Å². The Kier molecular flexibility index (Phi) is 5.42. The normalized spacial score (nSPS) is 13.8. The summed E-state index contributed by atoms with van der Waals surface area (Å²) >= 11 is 0. The highest BCUT2D eigenvalue weighted by atomic mass is 16.5. The van der Waals surface area contributed by atoms with Gasteiger partial charge in [-0.1, -0.05) is 78.0 Å². The summed E-state index contributed by atoms with van der Waals surface area (Å²) < 4.78 is 10.9. The zero-order valence-corrected chi connectivity index (χ0v) is 17.7. The van der Waals surface area contributed by atoms with Gasteiger partial charge in [-0.15, -0.1) is 0 Å². The molecule has 0 aliphatic carbocycles. The van der Waals surface area contributed by atoms with Crippen molar-refractivity contribution in [1.29, 1.82) is 0 Å². The monoisotopic (exact) mass is 425 g/mol. The first-order valence-electron chi connectivity index (χ1n) is 10.6. The molecule has 0 N–H and O–H groups in total. The topological polar surface area (TPSA) is 68.5 Å². The summed E-state index contributed by atoms with van der Waals surface area (Å²) in [5.41, 5.74) is 2.76. The summed E-state index contributed by atoms with van der Waals surface area (Å²) in [6, 6.07) is 27.4. The van der Waals surface area contributed by atoms with Crippen LogP contribution in [-0.2, 0) is 4.79 Å². The maximum atomic E-state index is 13.5. The lowest BCUT2D eigenvalue weighted by Gasteiger charge is -2.39. The number of carbonyl (C=O) groups excluding carboxylic acids is 1. The molecule has 1 aromatic heterocycles. The molecule has 32 heavy (non-hydrogen) atoms. The molecule has 0 atom stereocenters. The van der Waals surface area contributed by atoms with Gasteiger partial charge in [0.15, 0.2) is 0 Å². The number of hydrogen-bond donors (Lipinski definition) is 0. The van der Waals surface area contributed by atoms with Crippen LogP contribution in [0.5, 0.6) is 5.75 Å². The summed E-state index contributed by atoms with van der Waals surface area (Å²) in [5.74, 6) is 1.52. The van der Waals surface area contributed by atoms with Crippen LogP contribution in [0, 0.1) is 0 Å². The van der Waals surface area contributed by atoms with Gasteiger partial charge in [0.1, 0.15) is 5.75 Å². The van der Waals surface area contributed by atoms with Gasteiger partial charge in [-0.25, -0.2) is 0 Å². The number of carbonyl (C=O) groups is 1. The average molecular weight is 425 g/mol. The van der Waals surface area contributed by atoms with E-state index in [2.05, 4.69) is 10.1 Å². The van der Waals surface area contributed by atoms with E-state index in [1.54, 1.807) is 7.11 Å². The highest BCUT2D eigenvalue weighted by Gasteiger charge is 2.39. The van der Waals surface area contributed by atoms with E-state index in [1.807, 2.05) is 89.8 Å². The van der Waals surface area contributed by atoms with Crippen LogP contribution in [0.2, 0.25) is 0 Å². The number of benzene rings is 3. The minimum Gasteiger partial charge on any atom is -0.496 e. The molecule has 6 nitrogen and oxygen atoms in total. The van der Waals surface area contributed by atoms with Gasteiger partial charge in [-0.05, 0) is 23.3 Å². The quantitative estimate of drug-likeness (QED) is 0.455. The summed E-state index contributed by atoms with van der Waals surface area (Å²) in [5, 5.41) is 4.13. The number of methoxy groups -OCH3 is 1. The Labute approximate surface area is 186 Å². The molecule has 1 saturated heterocycles. The van der Waals surface area contributed by atoms with Crippen LogP contribution in [0.3, 0.4) is 0 Å². The molecule has 0 radical (unpaired) electrons. The van der Waals surface area contributed by atoms with Crippen molar-refractivity contribution in [3.8, 4) is 17.1 Å². The van der Waals surface area contributed by atoms with Crippen LogP contribution in [0.15, 0.2) is 89.5 Å². The van der Waals surface area contributed by atoms with E-state index in [-0.39, 0.29) is 17.7 Å². The van der Waals surface area contributed by atoms with Crippen molar-refractivity contribution in [1.82, 2.24) is 15.0 Å². The lowest BCUT2D eigenvalue weighted by Crippen LogP contribution is -2.50. The fraction of sp³-hybridized carbons (Fsp3) is 0.192. The first-order valence-corrected chi connectivity index (χ1v) is 10.6. The predicted octanol–water partition coefficient (Wildman–Crippen LogP) is 4.50. The molecule has 5 rings (SSSR count). The first kappa shape index (κ1) is 20.0. The Bertz CT molecular complexity index is 1160. The second-order valence-corrected chi connectivity index (χ2v) is 7.85. The standard InChI is InChI=1S/C26H23N3O3/c1-31-22-15-9-8-14-21(22)24-27-25(32-28-24)20-16-29(17-20)26(30)23(18-10-4-2-5-11-18)19-12-6-3-7-13-19/h2-15,20,23H,16-17H2,1H3. The number of ether oxygens (including phenoxy) is 1. The molecule has 0 bridgehead atoms. The third-order valence-corrected chi connectivity index (χ3v) is 5.84. The van der Waals surface area contributed by atoms with E-state index in [4.69, 9.17) is 9.26 Å². The Morgan fingerprint density at radius 2 is 1.53 bits per heavy atom. The summed E-state index contributed by atoms with van der Waals surface area (Å²) in [6.45, 7) is 1.12. The Hall–Kier alpha value is -3.93. The predicted molar refractivity (Wildman–Crippen MR) is 120 cm³/mol. The number of amides is 1. The number of para-hydroxylation sites is 1. The lowest BCUT2D eigenvalue weighted by atomic mass is 9.88. The van der Waals surface area contributed by atoms with E-state index in [9.17, 15) is 4.79 Å². The fourth-order valence-corrected chi connectivity index (χ4v) is 4.11. The van der Waals surface area contributed by atoms with Crippen LogP contribution in [0.1, 0.15) is 28.9 Å². The Morgan fingerprint density at radius 3 is 2.16 bits per heavy atom. The number of hydrogen-bond acceptors (Lipinski definition) is 5. The second kappa shape index (κ2) is 8.67. The summed E-state index contributed by atoms with van der Waals surface area (Å²) in [4.78, 5) is 19.9. The van der Waals surface area contributed by atoms with Crippen molar-refractivity contribution in [2.75, 3.05) is 20.2 Å². The maximum absolute atomic E-state index is 13.5. The number of aromatic nitrogens is 2. The zero-order chi connectivity index (χ0) is 21.9. The van der Waals surface area contributed by atoms with Crippen LogP contribution in [0.25, 0.3) is 11.4 Å². The molecule has 3 aromatic carbocycles. The molecule has 0 saturated carbocycles. The molecule has 2 heterocycles. The van der Waals surface area contributed by atoms with Crippen molar-refractivity contribution in [3.63, 3.8) is 0 Å². The highest BCUT2D eigenvalue weighted by Crippen LogP contribution is 2.34. The van der Waals surface area contributed by atoms with Crippen molar-refractivity contribution >= 4 is 5.91 Å². The third-order valence-electron chi connectivity index (χ3n) is 5.84. The molecule has 4 aromatic rings. The second-order valence-electron chi connectivity index (χ2n) is 7.85. The van der Waals surface area contributed by atoms with Crippen LogP contribution in [-0.4, -0.2) is 41.1 Å². The smallest absolute Gasteiger partial charge is 0.234 e. The molecule has 1 aliphatic rings. The number of rotatable bonds is 6. The van der Waals surface area contributed by atoms with Crippen molar-refractivity contribution in [2.45, 2.75) is 11.8 Å². The molecular formula is C26H23N3O3. The van der Waals surface area contributed by atoms with Crippen molar-refractivity contribution in [2.24, 2.45) is 0 Å². The Morgan fingerprint density at radius 1 is 0.938 bits per heavy atom. The molecule has 160 valence electrons. The van der Waals surface area contributed by atoms with Crippen LogP contribution < -0.4 is 4.74 Å². The van der Waals surface area contributed by atoms with Gasteiger partial charge in [0.2, 0.25) is 17.6 Å². The highest BCUT2D eigenvalue weighted by molar-refractivity contribution is 5.88. The number of likely N-dealkylation sites (tertiary alicyclic amines) is 1. The summed E-state index contributed by atoms with van der Waals surface area (Å²) in [6.07, 6.45) is 0. The molecule has 0 unspecified atom stereocenters. The fourth-order valence-electron chi connectivity index (χ4n) is 4.11. The minimum atomic E-state index is -0.329. The third kappa shape index (κ3) is 3.75. The molecule has 1 fully saturated rings. The van der Waals surface area contributed by atoms with Gasteiger partial charge in [0.25, 0.3) is 0 Å². The van der Waals surface area contributed by atoms with E-state index < -0.39 is 0 Å². The molecule has 0 spiro atoms. The molecular weight excluding hydrogens is 402 g/mol. The van der Waals surface area contributed by atoms with E-state index >= 15 is 0 Å². The molecule has 1 amide bonds. The molecule has 6 heteroatoms. The first-order chi connectivity index (χ1) is 15.7. The van der Waals surface area contributed by atoms with E-state index in [1.165, 1.54) is 0 Å². The van der Waals surface area contributed by atoms with Gasteiger partial charge in [-0.2, -0.15) is 4.98 Å². The number of nitrogens with zero attached hydrogens (tertiary/aromatic N) is 3. The average Bonchev–Trinajstić information content (AvgIpc) is 3.29. The van der Waals surface area contributed by atoms with Crippen molar-refractivity contribution in [3.05, 3.63) is 102 Å². The minimum absolute atomic E-state index is 0.0297. The van der Waals surface area contributed by atoms with Crippen LogP contribution in [0.4, 0.5) is 0 Å². The van der Waals surface area contributed by atoms with Gasteiger partial charge < -0.3 is 14.2 Å². The van der Waals surface area contributed by atoms with E-state index in [0.29, 0.717) is 30.6 Å². The van der Waals surface area contributed by atoms with Gasteiger partial charge in [-0.3, -0.25) is 4.79 Å². The Balaban J connectivity index is 1.32. The van der Waals surface area contributed by atoms with Crippen molar-refractivity contribution < 1.29 is 14.1 Å². The largest absolute Gasteiger partial charge is 0.496 e. The van der Waals surface area contributed by atoms with E-state index in [0.717, 1.165) is 16.7 Å². The summed E-state index contributed by atoms with van der Waals surface area (Å²) in [7, 11) is 1.62. The van der Waals surface area contributed by atoms with Gasteiger partial charge >= 0.3 is 0 Å².